The van der Waals surface area contributed by atoms with Crippen LogP contribution in [-0.2, 0) is 4.79 Å². The number of nitrogens with zero attached hydrogens (tertiary/aromatic N) is 2. The van der Waals surface area contributed by atoms with Crippen molar-refractivity contribution in [2.24, 2.45) is 4.99 Å². The van der Waals surface area contributed by atoms with Crippen molar-refractivity contribution in [2.75, 3.05) is 13.7 Å². The number of benzene rings is 2. The van der Waals surface area contributed by atoms with Gasteiger partial charge in [0, 0.05) is 6.54 Å². The molecule has 1 N–H and O–H groups in total. The number of thioether (sulfide) groups is 1. The average Bonchev–Trinajstić information content (AvgIpc) is 2.97. The number of aliphatic imine (C=N–C) groups is 1. The Kier molecular flexibility index (Phi) is 5.70. The standard InChI is InChI=1S/C20H18N2O5S/c1-3-22-18(24)17(10-12-7-8-15(23)16(9-12)27-2)28-20(22)21-14-6-4-5-13(11-14)19(25)26/h4-11,23H,3H2,1-2H3,(H,25,26)/p-1/b17-10-,21-20?. The number of rotatable bonds is 5. The van der Waals surface area contributed by atoms with Crippen LogP contribution in [-0.4, -0.2) is 40.7 Å². The number of carboxylic acid groups (broad SMARTS) is 1. The second-order valence-electron chi connectivity index (χ2n) is 5.82. The van der Waals surface area contributed by atoms with Crippen molar-refractivity contribution in [3.63, 3.8) is 0 Å². The predicted octanol–water partition coefficient (Wildman–Crippen LogP) is 3.09. The molecule has 3 rings (SSSR count). The van der Waals surface area contributed by atoms with Crippen molar-refractivity contribution in [2.45, 2.75) is 6.92 Å². The number of likely N-dealkylation sites (N-methyl/N-ethyl adjacent to an activating group) is 1. The van der Waals surface area contributed by atoms with Crippen LogP contribution >= 0.6 is 11.8 Å². The largest absolute Gasteiger partial charge is 0.870 e. The second-order valence-corrected chi connectivity index (χ2v) is 6.83. The van der Waals surface area contributed by atoms with Crippen LogP contribution in [0.2, 0.25) is 0 Å². The molecule has 0 spiro atoms. The maximum atomic E-state index is 12.7. The number of aromatic carboxylic acids is 1. The molecule has 28 heavy (non-hydrogen) atoms. The van der Waals surface area contributed by atoms with Gasteiger partial charge in [-0.2, -0.15) is 0 Å². The van der Waals surface area contributed by atoms with Crippen molar-refractivity contribution in [1.29, 1.82) is 0 Å². The van der Waals surface area contributed by atoms with Gasteiger partial charge in [0.1, 0.15) is 5.75 Å². The van der Waals surface area contributed by atoms with Crippen LogP contribution in [0.1, 0.15) is 22.8 Å². The highest BCUT2D eigenvalue weighted by Gasteiger charge is 2.32. The SMILES string of the molecule is CCN1C(=O)/C(=C/c2ccc([O-])c(OC)c2)SC1=Nc1cccc(C(=O)O)c1. The van der Waals surface area contributed by atoms with Gasteiger partial charge >= 0.3 is 5.97 Å². The highest BCUT2D eigenvalue weighted by Crippen LogP contribution is 2.35. The molecule has 1 amide bonds. The molecule has 2 aromatic carbocycles. The Balaban J connectivity index is 1.94. The van der Waals surface area contributed by atoms with E-state index in [9.17, 15) is 14.7 Å². The minimum Gasteiger partial charge on any atom is -0.870 e. The lowest BCUT2D eigenvalue weighted by molar-refractivity contribution is -0.270. The summed E-state index contributed by atoms with van der Waals surface area (Å²) in [6.07, 6.45) is 1.67. The summed E-state index contributed by atoms with van der Waals surface area (Å²) in [5, 5.41) is 21.2. The Bertz CT molecular complexity index is 1000. The molecule has 144 valence electrons. The first-order valence-corrected chi connectivity index (χ1v) is 9.23. The fourth-order valence-corrected chi connectivity index (χ4v) is 3.68. The Labute approximate surface area is 166 Å². The molecule has 1 saturated heterocycles. The van der Waals surface area contributed by atoms with Crippen LogP contribution in [0.5, 0.6) is 11.5 Å². The van der Waals surface area contributed by atoms with E-state index in [-0.39, 0.29) is 23.0 Å². The van der Waals surface area contributed by atoms with Crippen LogP contribution in [0.25, 0.3) is 6.08 Å². The number of ether oxygens (including phenoxy) is 1. The number of hydrogen-bond acceptors (Lipinski definition) is 6. The van der Waals surface area contributed by atoms with E-state index >= 15 is 0 Å². The molecule has 1 fully saturated rings. The van der Waals surface area contributed by atoms with Gasteiger partial charge in [-0.15, -0.1) is 0 Å². The number of methoxy groups -OCH3 is 1. The maximum Gasteiger partial charge on any atom is 0.335 e. The van der Waals surface area contributed by atoms with E-state index in [0.29, 0.717) is 27.9 Å². The fraction of sp³-hybridized carbons (Fsp3) is 0.150. The van der Waals surface area contributed by atoms with E-state index in [1.54, 1.807) is 30.3 Å². The lowest BCUT2D eigenvalue weighted by Crippen LogP contribution is -2.28. The summed E-state index contributed by atoms with van der Waals surface area (Å²) >= 11 is 1.19. The summed E-state index contributed by atoms with van der Waals surface area (Å²) in [6.45, 7) is 2.25. The van der Waals surface area contributed by atoms with Gasteiger partial charge in [-0.1, -0.05) is 23.9 Å². The topological polar surface area (TPSA) is 102 Å². The molecule has 0 unspecified atom stereocenters. The van der Waals surface area contributed by atoms with Crippen LogP contribution < -0.4 is 9.84 Å². The first-order valence-electron chi connectivity index (χ1n) is 8.41. The molecule has 1 aliphatic heterocycles. The molecule has 0 atom stereocenters. The van der Waals surface area contributed by atoms with Crippen molar-refractivity contribution in [3.8, 4) is 11.5 Å². The Morgan fingerprint density at radius 3 is 2.79 bits per heavy atom. The number of amides is 1. The van der Waals surface area contributed by atoms with Crippen molar-refractivity contribution < 1.29 is 24.5 Å². The minimum atomic E-state index is -1.04. The normalized spacial score (nSPS) is 16.8. The van der Waals surface area contributed by atoms with Gasteiger partial charge in [-0.25, -0.2) is 9.79 Å². The van der Waals surface area contributed by atoms with E-state index in [2.05, 4.69) is 4.99 Å². The van der Waals surface area contributed by atoms with E-state index in [1.165, 1.54) is 42.0 Å². The zero-order valence-corrected chi connectivity index (χ0v) is 16.0. The monoisotopic (exact) mass is 397 g/mol. The van der Waals surface area contributed by atoms with E-state index in [1.807, 2.05) is 6.92 Å². The first-order chi connectivity index (χ1) is 13.4. The lowest BCUT2D eigenvalue weighted by Gasteiger charge is -2.12. The van der Waals surface area contributed by atoms with Gasteiger partial charge < -0.3 is 14.9 Å². The molecule has 0 saturated carbocycles. The molecule has 2 aromatic rings. The number of amidine groups is 1. The number of carboxylic acids is 1. The summed E-state index contributed by atoms with van der Waals surface area (Å²) in [5.41, 5.74) is 1.24. The fourth-order valence-electron chi connectivity index (χ4n) is 2.61. The van der Waals surface area contributed by atoms with Crippen LogP contribution in [0, 0.1) is 0 Å². The van der Waals surface area contributed by atoms with E-state index in [4.69, 9.17) is 9.84 Å². The lowest BCUT2D eigenvalue weighted by atomic mass is 10.2. The Morgan fingerprint density at radius 1 is 1.32 bits per heavy atom. The van der Waals surface area contributed by atoms with Gasteiger partial charge in [-0.3, -0.25) is 9.69 Å². The molecular formula is C20H17N2O5S-. The molecule has 0 aliphatic carbocycles. The van der Waals surface area contributed by atoms with Gasteiger partial charge in [0.05, 0.1) is 23.3 Å². The Morgan fingerprint density at radius 2 is 2.11 bits per heavy atom. The highest BCUT2D eigenvalue weighted by molar-refractivity contribution is 8.18. The Hall–Kier alpha value is -3.26. The quantitative estimate of drug-likeness (QED) is 0.778. The summed E-state index contributed by atoms with van der Waals surface area (Å²) in [7, 11) is 1.41. The number of hydrogen-bond donors (Lipinski definition) is 1. The average molecular weight is 397 g/mol. The molecule has 0 bridgehead atoms. The van der Waals surface area contributed by atoms with Crippen molar-refractivity contribution in [1.82, 2.24) is 4.90 Å². The third kappa shape index (κ3) is 4.01. The third-order valence-electron chi connectivity index (χ3n) is 4.01. The molecule has 7 nitrogen and oxygen atoms in total. The zero-order chi connectivity index (χ0) is 20.3. The highest BCUT2D eigenvalue weighted by atomic mass is 32.2. The van der Waals surface area contributed by atoms with Crippen LogP contribution in [0.4, 0.5) is 5.69 Å². The summed E-state index contributed by atoms with van der Waals surface area (Å²) in [5.74, 6) is -1.27. The molecule has 0 aromatic heterocycles. The van der Waals surface area contributed by atoms with Gasteiger partial charge in [0.25, 0.3) is 5.91 Å². The first kappa shape index (κ1) is 19.5. The summed E-state index contributed by atoms with van der Waals surface area (Å²) < 4.78 is 5.03. The second kappa shape index (κ2) is 8.18. The zero-order valence-electron chi connectivity index (χ0n) is 15.2. The molecule has 1 heterocycles. The van der Waals surface area contributed by atoms with Gasteiger partial charge in [0.15, 0.2) is 5.17 Å². The molecule has 1 aliphatic rings. The maximum absolute atomic E-state index is 12.7. The van der Waals surface area contributed by atoms with Crippen LogP contribution in [0.3, 0.4) is 0 Å². The van der Waals surface area contributed by atoms with Gasteiger partial charge in [0.2, 0.25) is 0 Å². The summed E-state index contributed by atoms with van der Waals surface area (Å²) in [4.78, 5) is 30.3. The van der Waals surface area contributed by atoms with Crippen molar-refractivity contribution in [3.05, 3.63) is 58.5 Å². The summed E-state index contributed by atoms with van der Waals surface area (Å²) in [6, 6.07) is 10.8. The predicted molar refractivity (Wildman–Crippen MR) is 106 cm³/mol. The number of carbonyl (C=O) groups is 2. The molecule has 8 heteroatoms. The molecule has 0 radical (unpaired) electrons. The number of carbonyl (C=O) groups excluding carboxylic acids is 1. The van der Waals surface area contributed by atoms with Crippen molar-refractivity contribution >= 4 is 40.6 Å². The van der Waals surface area contributed by atoms with E-state index < -0.39 is 5.97 Å². The third-order valence-corrected chi connectivity index (χ3v) is 5.01. The van der Waals surface area contributed by atoms with Crippen LogP contribution in [0.15, 0.2) is 52.4 Å². The van der Waals surface area contributed by atoms with Gasteiger partial charge in [-0.05, 0) is 54.6 Å². The van der Waals surface area contributed by atoms with E-state index in [0.717, 1.165) is 0 Å². The minimum absolute atomic E-state index is 0.125. The smallest absolute Gasteiger partial charge is 0.335 e. The molecular weight excluding hydrogens is 380 g/mol.